The molecule has 73 heavy (non-hydrogen) atoms. The van der Waals surface area contributed by atoms with Crippen LogP contribution in [-0.2, 0) is 27.3 Å². The summed E-state index contributed by atoms with van der Waals surface area (Å²) < 4.78 is 28.4. The van der Waals surface area contributed by atoms with E-state index in [9.17, 15) is 24.6 Å². The lowest BCUT2D eigenvalue weighted by Crippen LogP contribution is -2.42. The number of nitrogen functional groups attached to an aromatic ring is 2. The summed E-state index contributed by atoms with van der Waals surface area (Å²) in [6.07, 6.45) is 6.71. The molecule has 18 nitrogen and oxygen atoms in total. The minimum atomic E-state index is -0.602. The van der Waals surface area contributed by atoms with Gasteiger partial charge in [-0.05, 0) is 159 Å². The number of ether oxygens (including phenoxy) is 5. The molecule has 2 atom stereocenters. The molecule has 4 aliphatic rings. The Hall–Kier alpha value is -6.69. The van der Waals surface area contributed by atoms with Crippen LogP contribution < -0.4 is 32.0 Å². The maximum absolute atomic E-state index is 12.9. The molecule has 0 spiro atoms. The number of likely N-dealkylation sites (tertiary alicyclic amines) is 2. The van der Waals surface area contributed by atoms with Crippen LogP contribution >= 0.6 is 0 Å². The molecule has 3 amide bonds. The summed E-state index contributed by atoms with van der Waals surface area (Å²) >= 11 is 0. The highest BCUT2D eigenvalue weighted by Gasteiger charge is 2.34. The lowest BCUT2D eigenvalue weighted by molar-refractivity contribution is 0.0188. The molecule has 4 heterocycles. The number of carbonyl (C=O) groups excluding carboxylic acids is 3. The maximum atomic E-state index is 12.9. The lowest BCUT2D eigenvalue weighted by atomic mass is 9.86. The third-order valence-corrected chi connectivity index (χ3v) is 13.2. The number of nitrogens with two attached hydrogens (primary N) is 3. The molecule has 2 saturated heterocycles. The van der Waals surface area contributed by atoms with Gasteiger partial charge < -0.3 is 66.2 Å². The third kappa shape index (κ3) is 14.7. The Bertz CT molecular complexity index is 2590. The van der Waals surface area contributed by atoms with Crippen molar-refractivity contribution in [3.05, 3.63) is 70.8 Å². The van der Waals surface area contributed by atoms with Crippen LogP contribution in [0.1, 0.15) is 134 Å². The fourth-order valence-electron chi connectivity index (χ4n) is 9.19. The van der Waals surface area contributed by atoms with Crippen molar-refractivity contribution in [3.63, 3.8) is 0 Å². The van der Waals surface area contributed by atoms with Crippen LogP contribution in [-0.4, -0.2) is 105 Å². The number of aromatic nitrogens is 2. The molecule has 18 heteroatoms. The molecule has 2 aromatic heterocycles. The number of carbonyl (C=O) groups is 3. The van der Waals surface area contributed by atoms with Gasteiger partial charge in [0.05, 0.1) is 48.9 Å². The molecule has 396 valence electrons. The van der Waals surface area contributed by atoms with E-state index in [1.165, 1.54) is 12.8 Å². The maximum Gasteiger partial charge on any atom is 0.410 e. The predicted molar refractivity (Wildman–Crippen MR) is 279 cm³/mol. The van der Waals surface area contributed by atoms with Crippen molar-refractivity contribution in [2.24, 2.45) is 17.6 Å². The van der Waals surface area contributed by atoms with Gasteiger partial charge in [0.2, 0.25) is 0 Å². The fourth-order valence-corrected chi connectivity index (χ4v) is 9.19. The molecule has 2 aromatic carbocycles. The first kappa shape index (κ1) is 54.1. The van der Waals surface area contributed by atoms with Crippen molar-refractivity contribution in [2.45, 2.75) is 136 Å². The van der Waals surface area contributed by atoms with Gasteiger partial charge in [-0.1, -0.05) is 12.1 Å². The van der Waals surface area contributed by atoms with Gasteiger partial charge in [0.25, 0.3) is 0 Å². The zero-order valence-corrected chi connectivity index (χ0v) is 43.6. The average molecular weight is 1010 g/mol. The Balaban J connectivity index is 0.000000216. The topological polar surface area (TPSA) is 260 Å². The first-order valence-corrected chi connectivity index (χ1v) is 25.8. The Morgan fingerprint density at radius 3 is 1.53 bits per heavy atom. The molecular weight excluding hydrogens is 933 g/mol. The van der Waals surface area contributed by atoms with E-state index in [2.05, 4.69) is 15.3 Å². The zero-order valence-electron chi connectivity index (χ0n) is 43.6. The minimum absolute atomic E-state index is 0.0329. The first-order valence-electron chi connectivity index (χ1n) is 25.8. The molecule has 0 bridgehead atoms. The van der Waals surface area contributed by atoms with Crippen LogP contribution in [0.3, 0.4) is 0 Å². The van der Waals surface area contributed by atoms with Gasteiger partial charge in [-0.15, -0.1) is 0 Å². The van der Waals surface area contributed by atoms with Gasteiger partial charge in [-0.3, -0.25) is 0 Å². The van der Waals surface area contributed by atoms with E-state index in [1.54, 1.807) is 41.0 Å². The van der Waals surface area contributed by atoms with E-state index in [1.807, 2.05) is 65.8 Å². The van der Waals surface area contributed by atoms with E-state index in [-0.39, 0.29) is 61.0 Å². The molecule has 2 aliphatic heterocycles. The normalized spacial score (nSPS) is 18.0. The first-order chi connectivity index (χ1) is 34.7. The van der Waals surface area contributed by atoms with E-state index in [4.69, 9.17) is 40.9 Å². The van der Waals surface area contributed by atoms with Crippen LogP contribution in [0.2, 0.25) is 0 Å². The van der Waals surface area contributed by atoms with Crippen LogP contribution in [0.5, 0.6) is 23.0 Å². The van der Waals surface area contributed by atoms with Crippen LogP contribution in [0.25, 0.3) is 22.5 Å². The molecular formula is C55H76N8O10. The number of alkyl carbamates (subject to hydrolysis) is 1. The molecule has 2 unspecified atom stereocenters. The second kappa shape index (κ2) is 23.5. The Kier molecular flexibility index (Phi) is 17.4. The number of hydrogen-bond acceptors (Lipinski definition) is 15. The van der Waals surface area contributed by atoms with E-state index < -0.39 is 17.3 Å². The van der Waals surface area contributed by atoms with Crippen molar-refractivity contribution in [2.75, 3.05) is 57.5 Å². The highest BCUT2D eigenvalue weighted by Crippen LogP contribution is 2.44. The zero-order chi connectivity index (χ0) is 52.6. The smallest absolute Gasteiger partial charge is 0.410 e. The number of amides is 3. The Labute approximate surface area is 429 Å². The number of nitrogens with zero attached hydrogens (tertiary/aromatic N) is 4. The number of phenols is 2. The Morgan fingerprint density at radius 2 is 1.12 bits per heavy atom. The summed E-state index contributed by atoms with van der Waals surface area (Å²) in [5.74, 6) is 2.87. The molecule has 4 aromatic rings. The van der Waals surface area contributed by atoms with E-state index in [0.717, 1.165) is 55.2 Å². The fraction of sp³-hybridized carbons (Fsp3) is 0.545. The quantitative estimate of drug-likeness (QED) is 0.0643. The van der Waals surface area contributed by atoms with Crippen molar-refractivity contribution < 1.29 is 48.3 Å². The van der Waals surface area contributed by atoms with Gasteiger partial charge in [0, 0.05) is 55.7 Å². The summed E-state index contributed by atoms with van der Waals surface area (Å²) in [6.45, 7) is 16.8. The average Bonchev–Trinajstić information content (AvgIpc) is 4.28. The standard InChI is InChI=1S/C29H40N4O6.C26H36N4O4/c1-5-37-27(35)31-15-21-20(19-8-7-13-33(16-19)28(36)39-29(2,3)4)14-22(32-26(21)30)25-23(34)9-6-10-24(25)38-17-18-11-12-18;1-26(2,3)34-25(32)30-11-5-6-17(14-30)18-12-20(29-24(28)19(18)13-27)23-21(31)7-4-8-22(23)33-15-16-9-10-16/h6,9-10,14,18-19,34H,5,7-8,11-13,15-17H2,1-4H3,(H2,30,32)(H,31,35);4,7-8,12,16-17,31H,5-6,9-11,13-15,27H2,1-3H3,(H2,28,29). The van der Waals surface area contributed by atoms with Crippen LogP contribution in [0.4, 0.5) is 26.0 Å². The summed E-state index contributed by atoms with van der Waals surface area (Å²) in [4.78, 5) is 50.4. The summed E-state index contributed by atoms with van der Waals surface area (Å²) in [5.41, 5.74) is 23.0. The molecule has 2 saturated carbocycles. The van der Waals surface area contributed by atoms with Crippen molar-refractivity contribution >= 4 is 29.9 Å². The number of anilines is 2. The van der Waals surface area contributed by atoms with E-state index in [0.29, 0.717) is 96.6 Å². The number of pyridine rings is 2. The summed E-state index contributed by atoms with van der Waals surface area (Å²) in [6, 6.07) is 14.2. The van der Waals surface area contributed by atoms with E-state index >= 15 is 0 Å². The SMILES string of the molecule is CC(C)(C)OC(=O)N1CCCC(c2cc(-c3c(O)cccc3OCC3CC3)nc(N)c2CN)C1.CCOC(=O)NCc1c(C2CCCN(C(=O)OC(C)(C)C)C2)cc(-c2c(O)cccc2OCC2CC2)nc1N. The van der Waals surface area contributed by atoms with Gasteiger partial charge in [-0.25, -0.2) is 24.4 Å². The lowest BCUT2D eigenvalue weighted by Gasteiger charge is -2.35. The number of piperidine rings is 2. The van der Waals surface area contributed by atoms with Crippen molar-refractivity contribution in [1.82, 2.24) is 25.1 Å². The number of aromatic hydroxyl groups is 2. The van der Waals surface area contributed by atoms with Gasteiger partial charge in [0.1, 0.15) is 45.8 Å². The number of benzene rings is 2. The number of rotatable bonds is 14. The summed E-state index contributed by atoms with van der Waals surface area (Å²) in [5, 5.41) is 24.3. The summed E-state index contributed by atoms with van der Waals surface area (Å²) in [7, 11) is 0. The minimum Gasteiger partial charge on any atom is -0.507 e. The third-order valence-electron chi connectivity index (χ3n) is 13.2. The molecule has 9 N–H and O–H groups in total. The predicted octanol–water partition coefficient (Wildman–Crippen LogP) is 9.58. The van der Waals surface area contributed by atoms with Crippen molar-refractivity contribution in [3.8, 4) is 45.5 Å². The molecule has 4 fully saturated rings. The molecule has 8 rings (SSSR count). The Morgan fingerprint density at radius 1 is 0.685 bits per heavy atom. The highest BCUT2D eigenvalue weighted by atomic mass is 16.6. The monoisotopic (exact) mass is 1010 g/mol. The van der Waals surface area contributed by atoms with Crippen LogP contribution in [0, 0.1) is 11.8 Å². The number of hydrogen-bond donors (Lipinski definition) is 6. The van der Waals surface area contributed by atoms with Crippen molar-refractivity contribution in [1.29, 1.82) is 0 Å². The van der Waals surface area contributed by atoms with Gasteiger partial charge in [-0.2, -0.15) is 0 Å². The van der Waals surface area contributed by atoms with Crippen LogP contribution in [0.15, 0.2) is 48.5 Å². The molecule has 2 aliphatic carbocycles. The second-order valence-corrected chi connectivity index (χ2v) is 21.5. The highest BCUT2D eigenvalue weighted by molar-refractivity contribution is 5.78. The largest absolute Gasteiger partial charge is 0.507 e. The second-order valence-electron chi connectivity index (χ2n) is 21.5. The van der Waals surface area contributed by atoms with Gasteiger partial charge >= 0.3 is 18.3 Å². The molecule has 0 radical (unpaired) electrons. The number of nitrogens with one attached hydrogen (secondary N) is 1. The number of phenolic OH excluding ortho intramolecular Hbond substituents is 2. The van der Waals surface area contributed by atoms with Gasteiger partial charge in [0.15, 0.2) is 0 Å².